The van der Waals surface area contributed by atoms with Crippen molar-refractivity contribution in [2.24, 2.45) is 142 Å². The van der Waals surface area contributed by atoms with Gasteiger partial charge in [-0.1, -0.05) is 82.1 Å². The van der Waals surface area contributed by atoms with Gasteiger partial charge in [-0.05, 0) is 263 Å². The van der Waals surface area contributed by atoms with Gasteiger partial charge in [-0.15, -0.1) is 0 Å². The molecule has 0 amide bonds. The van der Waals surface area contributed by atoms with Gasteiger partial charge in [-0.25, -0.2) is 0 Å². The number of carbonyl (C=O) groups excluding carboxylic acids is 4. The molecule has 14 aliphatic rings. The third-order valence-electron chi connectivity index (χ3n) is 27.8. The maximum absolute atomic E-state index is 12.4. The van der Waals surface area contributed by atoms with E-state index in [1.54, 1.807) is 0 Å². The molecule has 0 aliphatic heterocycles. The summed E-state index contributed by atoms with van der Waals surface area (Å²) in [5.74, 6) is 17.9. The smallest absolute Gasteiger partial charge is 0.309 e. The van der Waals surface area contributed by atoms with Crippen molar-refractivity contribution in [3.05, 3.63) is 0 Å². The molecule has 28 unspecified atom stereocenters. The van der Waals surface area contributed by atoms with Crippen molar-refractivity contribution in [1.82, 2.24) is 0 Å². The summed E-state index contributed by atoms with van der Waals surface area (Å²) in [4.78, 5) is 49.0. The zero-order chi connectivity index (χ0) is 55.4. The van der Waals surface area contributed by atoms with E-state index >= 15 is 0 Å². The Morgan fingerprint density at radius 2 is 0.692 bits per heavy atom. The molecular formula is C70H112O8. The predicted octanol–water partition coefficient (Wildman–Crippen LogP) is 16.4. The van der Waals surface area contributed by atoms with Crippen molar-refractivity contribution in [3.8, 4) is 0 Å². The van der Waals surface area contributed by atoms with Crippen LogP contribution in [0.15, 0.2) is 0 Å². The molecule has 0 radical (unpaired) electrons. The van der Waals surface area contributed by atoms with E-state index in [0.29, 0.717) is 23.7 Å². The quantitative estimate of drug-likeness (QED) is 0.0962. The summed E-state index contributed by atoms with van der Waals surface area (Å²) in [7, 11) is 0. The maximum atomic E-state index is 12.4. The van der Waals surface area contributed by atoms with Crippen LogP contribution in [0.1, 0.15) is 250 Å². The van der Waals surface area contributed by atoms with Crippen molar-refractivity contribution >= 4 is 23.9 Å². The van der Waals surface area contributed by atoms with E-state index in [-0.39, 0.29) is 70.0 Å². The van der Waals surface area contributed by atoms with Gasteiger partial charge in [0.25, 0.3) is 0 Å². The number of esters is 4. The fourth-order valence-electron chi connectivity index (χ4n) is 23.5. The van der Waals surface area contributed by atoms with E-state index in [0.717, 1.165) is 152 Å². The Kier molecular flexibility index (Phi) is 16.4. The lowest BCUT2D eigenvalue weighted by Crippen LogP contribution is -2.48. The van der Waals surface area contributed by atoms with E-state index < -0.39 is 0 Å². The van der Waals surface area contributed by atoms with Crippen LogP contribution >= 0.6 is 0 Å². The van der Waals surface area contributed by atoms with Gasteiger partial charge in [0.2, 0.25) is 0 Å². The molecule has 8 heteroatoms. The Labute approximate surface area is 474 Å². The minimum Gasteiger partial charge on any atom is -0.459 e. The van der Waals surface area contributed by atoms with Crippen molar-refractivity contribution in [1.29, 1.82) is 0 Å². The fraction of sp³-hybridized carbons (Fsp3) is 0.943. The molecule has 8 nitrogen and oxygen atoms in total. The predicted molar refractivity (Wildman–Crippen MR) is 307 cm³/mol. The summed E-state index contributed by atoms with van der Waals surface area (Å²) in [6.45, 7) is 25.2. The van der Waals surface area contributed by atoms with Crippen molar-refractivity contribution < 1.29 is 38.1 Å². The minimum atomic E-state index is -0.142. The van der Waals surface area contributed by atoms with Crippen LogP contribution in [0.5, 0.6) is 0 Å². The van der Waals surface area contributed by atoms with Gasteiger partial charge in [-0.2, -0.15) is 0 Å². The minimum absolute atomic E-state index is 0.0297. The average Bonchev–Trinajstić information content (AvgIpc) is 4.40. The average molecular weight is 1080 g/mol. The Balaban J connectivity index is 0.000000111. The highest BCUT2D eigenvalue weighted by molar-refractivity contribution is 5.74. The molecule has 0 aromatic heterocycles. The number of hydrogen-bond acceptors (Lipinski definition) is 8. The Hall–Kier alpha value is -2.12. The lowest BCUT2D eigenvalue weighted by Gasteiger charge is -2.46. The SMILES string of the molecule is CCC(C)C(=O)OC1(C)CC2CC1C1C3CCC(C3)C21.CCC(C)C(=O)OC1(C)CC2CC1C1CCCC21.CCC(C)C(=O)OC1(CC)CC2CC1C1C3CCC(C3)C21.CCC(C)C(=O)OC1(CC)CC2CC1C1CCCC21. The van der Waals surface area contributed by atoms with Gasteiger partial charge < -0.3 is 18.9 Å². The molecule has 14 aliphatic carbocycles. The van der Waals surface area contributed by atoms with Gasteiger partial charge in [0.05, 0.1) is 23.7 Å². The summed E-state index contributed by atoms with van der Waals surface area (Å²) >= 11 is 0. The van der Waals surface area contributed by atoms with Crippen LogP contribution in [0.2, 0.25) is 0 Å². The summed E-state index contributed by atoms with van der Waals surface area (Å²) in [5, 5.41) is 0. The van der Waals surface area contributed by atoms with Crippen LogP contribution in [-0.2, 0) is 38.1 Å². The van der Waals surface area contributed by atoms with Gasteiger partial charge in [0.15, 0.2) is 0 Å². The monoisotopic (exact) mass is 1080 g/mol. The summed E-state index contributed by atoms with van der Waals surface area (Å²) in [6.07, 6.45) is 32.8. The molecule has 0 saturated heterocycles. The number of hydrogen-bond donors (Lipinski definition) is 0. The number of carbonyl (C=O) groups is 4. The second-order valence-corrected chi connectivity index (χ2v) is 31.1. The lowest BCUT2D eigenvalue weighted by atomic mass is 9.65. The molecule has 0 aromatic rings. The number of fused-ring (bicyclic) bond motifs is 28. The lowest BCUT2D eigenvalue weighted by molar-refractivity contribution is -0.177. The Morgan fingerprint density at radius 3 is 1.18 bits per heavy atom. The Morgan fingerprint density at radius 1 is 0.359 bits per heavy atom. The van der Waals surface area contributed by atoms with Gasteiger partial charge in [-0.3, -0.25) is 19.2 Å². The summed E-state index contributed by atoms with van der Waals surface area (Å²) < 4.78 is 24.3. The normalized spacial score (nSPS) is 49.3. The van der Waals surface area contributed by atoms with E-state index in [4.69, 9.17) is 18.9 Å². The van der Waals surface area contributed by atoms with Crippen molar-refractivity contribution in [2.75, 3.05) is 0 Å². The first-order valence-electron chi connectivity index (χ1n) is 34.2. The highest BCUT2D eigenvalue weighted by Crippen LogP contribution is 2.72. The van der Waals surface area contributed by atoms with Crippen molar-refractivity contribution in [2.45, 2.75) is 272 Å². The first kappa shape index (κ1) is 57.7. The molecule has 0 heterocycles. The van der Waals surface area contributed by atoms with Crippen LogP contribution in [-0.4, -0.2) is 46.3 Å². The zero-order valence-electron chi connectivity index (χ0n) is 51.5. The van der Waals surface area contributed by atoms with E-state index in [9.17, 15) is 19.2 Å². The molecule has 14 saturated carbocycles. The van der Waals surface area contributed by atoms with E-state index in [1.165, 1.54) is 109 Å². The van der Waals surface area contributed by atoms with Crippen LogP contribution in [0.4, 0.5) is 0 Å². The third kappa shape index (κ3) is 9.63. The first-order valence-corrected chi connectivity index (χ1v) is 34.2. The molecular weight excluding hydrogens is 969 g/mol. The van der Waals surface area contributed by atoms with E-state index in [2.05, 4.69) is 55.4 Å². The second kappa shape index (κ2) is 22.1. The molecule has 0 spiro atoms. The zero-order valence-corrected chi connectivity index (χ0v) is 51.5. The third-order valence-corrected chi connectivity index (χ3v) is 27.8. The van der Waals surface area contributed by atoms with Crippen LogP contribution in [0.3, 0.4) is 0 Å². The second-order valence-electron chi connectivity index (χ2n) is 31.1. The van der Waals surface area contributed by atoms with Gasteiger partial charge in [0, 0.05) is 23.7 Å². The van der Waals surface area contributed by atoms with Gasteiger partial charge in [0.1, 0.15) is 22.4 Å². The Bertz CT molecular complexity index is 2190. The maximum Gasteiger partial charge on any atom is 0.309 e. The highest BCUT2D eigenvalue weighted by atomic mass is 16.6. The molecule has 12 bridgehead atoms. The summed E-state index contributed by atoms with van der Waals surface area (Å²) in [6, 6.07) is 0. The molecule has 14 fully saturated rings. The topological polar surface area (TPSA) is 105 Å². The van der Waals surface area contributed by atoms with Crippen LogP contribution < -0.4 is 0 Å². The van der Waals surface area contributed by atoms with Crippen LogP contribution in [0.25, 0.3) is 0 Å². The summed E-state index contributed by atoms with van der Waals surface area (Å²) in [5.41, 5.74) is -0.485. The number of rotatable bonds is 14. The molecule has 28 atom stereocenters. The fourth-order valence-corrected chi connectivity index (χ4v) is 23.5. The van der Waals surface area contributed by atoms with Gasteiger partial charge >= 0.3 is 23.9 Å². The molecule has 440 valence electrons. The first-order chi connectivity index (χ1) is 37.3. The largest absolute Gasteiger partial charge is 0.459 e. The molecule has 14 rings (SSSR count). The van der Waals surface area contributed by atoms with Crippen LogP contribution in [0, 0.1) is 142 Å². The van der Waals surface area contributed by atoms with E-state index in [1.807, 2.05) is 27.7 Å². The highest BCUT2D eigenvalue weighted by Gasteiger charge is 2.69. The number of ether oxygens (including phenoxy) is 4. The molecule has 78 heavy (non-hydrogen) atoms. The van der Waals surface area contributed by atoms with Crippen molar-refractivity contribution in [3.63, 3.8) is 0 Å². The standard InChI is InChI=1S/C19H30O2.C18H28O2.C17H28O2.C16H26O2/c1-4-11(3)18(20)21-19(5-2)10-14-9-15(19)17-13-7-6-12(8-13)16(14)17;1-4-10(2)17(19)20-18(3)9-13-8-14(18)16-12-6-5-11(7-12)15(13)16;1-4-11(3)16(18)19-17(5-2)10-12-9-15(17)14-8-6-7-13(12)14;1-4-10(2)15(17)18-16(3)9-11-8-14(16)13-7-5-6-12(11)13/h11-17H,4-10H2,1-3H3;10-16H,4-9H2,1-3H3;11-15H,4-10H2,1-3H3;10-14H,4-9H2,1-3H3. The molecule has 0 aromatic carbocycles. The molecule has 0 N–H and O–H groups in total.